The molecular formula is C29H32ClN3O2S. The van der Waals surface area contributed by atoms with Gasteiger partial charge in [0, 0.05) is 70.4 Å². The SMILES string of the molecule is CC(C)(C)c1cc(-c2cc(-c3ccc(C(=O)N4CCCC(N5CCCC5=O)C4)cc3Cl)cs2)ccn1. The fourth-order valence-corrected chi connectivity index (χ4v) is 6.33. The normalized spacial score (nSPS) is 18.7. The number of piperidine rings is 1. The summed E-state index contributed by atoms with van der Waals surface area (Å²) in [7, 11) is 0. The van der Waals surface area contributed by atoms with Crippen molar-refractivity contribution in [3.8, 4) is 21.6 Å². The molecule has 1 unspecified atom stereocenters. The number of aromatic nitrogens is 1. The number of hydrogen-bond acceptors (Lipinski definition) is 4. The van der Waals surface area contributed by atoms with Crippen LogP contribution in [0.1, 0.15) is 62.5 Å². The Kier molecular flexibility index (Phi) is 6.92. The van der Waals surface area contributed by atoms with E-state index >= 15 is 0 Å². The zero-order valence-corrected chi connectivity index (χ0v) is 22.7. The molecule has 4 heterocycles. The van der Waals surface area contributed by atoms with Crippen molar-refractivity contribution in [1.29, 1.82) is 0 Å². The van der Waals surface area contributed by atoms with Crippen LogP contribution in [0.3, 0.4) is 0 Å². The Balaban J connectivity index is 1.33. The molecule has 2 aliphatic heterocycles. The number of carbonyl (C=O) groups excluding carboxylic acids is 2. The summed E-state index contributed by atoms with van der Waals surface area (Å²) in [5, 5.41) is 2.68. The quantitative estimate of drug-likeness (QED) is 0.386. The monoisotopic (exact) mass is 521 g/mol. The van der Waals surface area contributed by atoms with Gasteiger partial charge in [-0.15, -0.1) is 11.3 Å². The van der Waals surface area contributed by atoms with Gasteiger partial charge in [0.25, 0.3) is 5.91 Å². The average Bonchev–Trinajstić information content (AvgIpc) is 3.52. The zero-order valence-electron chi connectivity index (χ0n) is 21.1. The van der Waals surface area contributed by atoms with Gasteiger partial charge in [0.1, 0.15) is 0 Å². The van der Waals surface area contributed by atoms with Gasteiger partial charge < -0.3 is 9.80 Å². The standard InChI is InChI=1S/C29H32ClN3O2S/c1-29(2,3)26-16-19(10-11-31-26)25-15-21(18-36-25)23-9-8-20(14-24(23)30)28(35)32-12-4-6-22(17-32)33-13-5-7-27(33)34/h8-11,14-16,18,22H,4-7,12-13,17H2,1-3H3. The van der Waals surface area contributed by atoms with E-state index in [4.69, 9.17) is 11.6 Å². The van der Waals surface area contributed by atoms with Crippen molar-refractivity contribution < 1.29 is 9.59 Å². The van der Waals surface area contributed by atoms with Crippen LogP contribution in [-0.4, -0.2) is 52.3 Å². The second-order valence-electron chi connectivity index (χ2n) is 10.8. The third-order valence-corrected chi connectivity index (χ3v) is 8.47. The molecule has 2 amide bonds. The van der Waals surface area contributed by atoms with Crippen LogP contribution >= 0.6 is 22.9 Å². The predicted molar refractivity (Wildman–Crippen MR) is 147 cm³/mol. The Morgan fingerprint density at radius 2 is 1.92 bits per heavy atom. The summed E-state index contributed by atoms with van der Waals surface area (Å²) in [6.45, 7) is 8.62. The third-order valence-electron chi connectivity index (χ3n) is 7.17. The van der Waals surface area contributed by atoms with E-state index < -0.39 is 0 Å². The number of hydrogen-bond donors (Lipinski definition) is 0. The van der Waals surface area contributed by atoms with Crippen LogP contribution in [-0.2, 0) is 10.2 Å². The number of carbonyl (C=O) groups is 2. The number of halogens is 1. The lowest BCUT2D eigenvalue weighted by Crippen LogP contribution is -2.50. The number of thiophene rings is 1. The second kappa shape index (κ2) is 9.98. The van der Waals surface area contributed by atoms with Gasteiger partial charge >= 0.3 is 0 Å². The Morgan fingerprint density at radius 3 is 2.64 bits per heavy atom. The topological polar surface area (TPSA) is 53.5 Å². The number of likely N-dealkylation sites (tertiary alicyclic amines) is 2. The first-order valence-corrected chi connectivity index (χ1v) is 13.9. The lowest BCUT2D eigenvalue weighted by atomic mass is 9.90. The smallest absolute Gasteiger partial charge is 0.253 e. The first kappa shape index (κ1) is 25.0. The molecule has 36 heavy (non-hydrogen) atoms. The number of pyridine rings is 1. The summed E-state index contributed by atoms with van der Waals surface area (Å²) < 4.78 is 0. The van der Waals surface area contributed by atoms with Crippen molar-refractivity contribution >= 4 is 34.8 Å². The molecule has 3 aromatic rings. The molecule has 1 atom stereocenters. The summed E-state index contributed by atoms with van der Waals surface area (Å²) in [6.07, 6.45) is 5.29. The van der Waals surface area contributed by atoms with E-state index in [1.807, 2.05) is 34.2 Å². The second-order valence-corrected chi connectivity index (χ2v) is 12.1. The molecule has 0 saturated carbocycles. The first-order chi connectivity index (χ1) is 17.2. The Bertz CT molecular complexity index is 1300. The number of nitrogens with zero attached hydrogens (tertiary/aromatic N) is 3. The number of rotatable bonds is 4. The van der Waals surface area contributed by atoms with Gasteiger partial charge in [0.05, 0.1) is 0 Å². The summed E-state index contributed by atoms with van der Waals surface area (Å²) in [5.41, 5.74) is 4.74. The zero-order chi connectivity index (χ0) is 25.4. The van der Waals surface area contributed by atoms with E-state index in [0.29, 0.717) is 30.1 Å². The molecule has 5 rings (SSSR count). The molecule has 2 aromatic heterocycles. The highest BCUT2D eigenvalue weighted by atomic mass is 35.5. The Hall–Kier alpha value is -2.70. The van der Waals surface area contributed by atoms with Gasteiger partial charge in [-0.1, -0.05) is 38.4 Å². The highest BCUT2D eigenvalue weighted by Crippen LogP contribution is 2.37. The molecule has 0 spiro atoms. The fourth-order valence-electron chi connectivity index (χ4n) is 5.14. The minimum Gasteiger partial charge on any atom is -0.338 e. The minimum atomic E-state index is -0.0164. The lowest BCUT2D eigenvalue weighted by molar-refractivity contribution is -0.130. The summed E-state index contributed by atoms with van der Waals surface area (Å²) >= 11 is 8.39. The van der Waals surface area contributed by atoms with Crippen LogP contribution in [0.2, 0.25) is 5.02 Å². The molecule has 0 bridgehead atoms. The van der Waals surface area contributed by atoms with E-state index in [0.717, 1.165) is 53.1 Å². The van der Waals surface area contributed by atoms with Crippen molar-refractivity contribution in [2.45, 2.75) is 57.9 Å². The minimum absolute atomic E-state index is 0.0137. The van der Waals surface area contributed by atoms with E-state index in [-0.39, 0.29) is 23.3 Å². The third kappa shape index (κ3) is 5.07. The van der Waals surface area contributed by atoms with Crippen LogP contribution in [0, 0.1) is 0 Å². The summed E-state index contributed by atoms with van der Waals surface area (Å²) in [6, 6.07) is 12.1. The van der Waals surface area contributed by atoms with Crippen LogP contribution in [0.15, 0.2) is 48.0 Å². The summed E-state index contributed by atoms with van der Waals surface area (Å²) in [5.74, 6) is 0.204. The van der Waals surface area contributed by atoms with Crippen LogP contribution in [0.5, 0.6) is 0 Å². The molecule has 5 nitrogen and oxygen atoms in total. The molecule has 7 heteroatoms. The van der Waals surface area contributed by atoms with Crippen molar-refractivity contribution in [2.75, 3.05) is 19.6 Å². The van der Waals surface area contributed by atoms with E-state index in [1.165, 1.54) is 0 Å². The van der Waals surface area contributed by atoms with Crippen molar-refractivity contribution in [3.63, 3.8) is 0 Å². The van der Waals surface area contributed by atoms with Gasteiger partial charge in [-0.2, -0.15) is 0 Å². The van der Waals surface area contributed by atoms with E-state index in [2.05, 4.69) is 43.3 Å². The molecule has 0 aliphatic carbocycles. The molecule has 0 N–H and O–H groups in total. The lowest BCUT2D eigenvalue weighted by Gasteiger charge is -2.37. The van der Waals surface area contributed by atoms with Crippen LogP contribution in [0.25, 0.3) is 21.6 Å². The number of amides is 2. The maximum atomic E-state index is 13.3. The molecule has 1 aromatic carbocycles. The average molecular weight is 522 g/mol. The first-order valence-electron chi connectivity index (χ1n) is 12.6. The van der Waals surface area contributed by atoms with Gasteiger partial charge in [-0.05, 0) is 66.1 Å². The molecule has 188 valence electrons. The fraction of sp³-hybridized carbons (Fsp3) is 0.414. The Labute approximate surface area is 222 Å². The van der Waals surface area contributed by atoms with Gasteiger partial charge in [0.2, 0.25) is 5.91 Å². The molecule has 2 aliphatic rings. The van der Waals surface area contributed by atoms with Crippen LogP contribution < -0.4 is 0 Å². The predicted octanol–water partition coefficient (Wildman–Crippen LogP) is 6.66. The highest BCUT2D eigenvalue weighted by molar-refractivity contribution is 7.14. The van der Waals surface area contributed by atoms with Gasteiger partial charge in [-0.3, -0.25) is 14.6 Å². The Morgan fingerprint density at radius 1 is 1.08 bits per heavy atom. The van der Waals surface area contributed by atoms with E-state index in [1.54, 1.807) is 17.4 Å². The number of benzene rings is 1. The van der Waals surface area contributed by atoms with E-state index in [9.17, 15) is 9.59 Å². The molecule has 2 saturated heterocycles. The van der Waals surface area contributed by atoms with Gasteiger partial charge in [0.15, 0.2) is 0 Å². The maximum Gasteiger partial charge on any atom is 0.253 e. The molecular weight excluding hydrogens is 490 g/mol. The van der Waals surface area contributed by atoms with Crippen molar-refractivity contribution in [3.05, 3.63) is 64.3 Å². The summed E-state index contributed by atoms with van der Waals surface area (Å²) in [4.78, 5) is 35.0. The molecule has 2 fully saturated rings. The highest BCUT2D eigenvalue weighted by Gasteiger charge is 2.33. The molecule has 0 radical (unpaired) electrons. The van der Waals surface area contributed by atoms with Crippen LogP contribution in [0.4, 0.5) is 0 Å². The largest absolute Gasteiger partial charge is 0.338 e. The maximum absolute atomic E-state index is 13.3. The van der Waals surface area contributed by atoms with Crippen molar-refractivity contribution in [2.24, 2.45) is 0 Å². The van der Waals surface area contributed by atoms with Gasteiger partial charge in [-0.25, -0.2) is 0 Å². The van der Waals surface area contributed by atoms with Crippen molar-refractivity contribution in [1.82, 2.24) is 14.8 Å².